The summed E-state index contributed by atoms with van der Waals surface area (Å²) in [7, 11) is 0. The summed E-state index contributed by atoms with van der Waals surface area (Å²) in [6, 6.07) is 8.01. The molecule has 2 heteroatoms. The monoisotopic (exact) mass is 193 g/mol. The zero-order valence-corrected chi connectivity index (χ0v) is 8.31. The summed E-state index contributed by atoms with van der Waals surface area (Å²) in [5.74, 6) is 2.54. The third-order valence-corrected chi connectivity index (χ3v) is 2.09. The Hall–Kier alpha value is -0.970. The predicted octanol–water partition coefficient (Wildman–Crippen LogP) is 2.62. The first-order valence-electron chi connectivity index (χ1n) is 4.16. The van der Waals surface area contributed by atoms with E-state index >= 15 is 0 Å². The Morgan fingerprint density at radius 1 is 1.62 bits per heavy atom. The molecule has 0 heterocycles. The van der Waals surface area contributed by atoms with Crippen molar-refractivity contribution in [2.45, 2.75) is 13.0 Å². The molecule has 1 nitrogen and oxygen atoms in total. The summed E-state index contributed by atoms with van der Waals surface area (Å²) in [6.07, 6.45) is 5.15. The van der Waals surface area contributed by atoms with Crippen LogP contribution in [0.4, 0.5) is 0 Å². The van der Waals surface area contributed by atoms with E-state index in [1.54, 1.807) is 0 Å². The summed E-state index contributed by atoms with van der Waals surface area (Å²) in [5, 5.41) is 3.94. The quantitative estimate of drug-likeness (QED) is 0.728. The first-order valence-corrected chi connectivity index (χ1v) is 4.54. The van der Waals surface area contributed by atoms with Crippen molar-refractivity contribution in [3.8, 4) is 12.3 Å². The first kappa shape index (κ1) is 10.1. The van der Waals surface area contributed by atoms with Crippen molar-refractivity contribution in [3.63, 3.8) is 0 Å². The van der Waals surface area contributed by atoms with E-state index in [1.807, 2.05) is 24.3 Å². The van der Waals surface area contributed by atoms with Crippen LogP contribution in [0.15, 0.2) is 24.3 Å². The van der Waals surface area contributed by atoms with Crippen LogP contribution < -0.4 is 5.32 Å². The normalized spacial score (nSPS) is 12.1. The standard InChI is InChI=1S/C11H12ClN/c1-3-7-13-9(2)10-5-4-6-11(12)8-10/h1,4-6,8-9,13H,7H2,2H3. The zero-order chi connectivity index (χ0) is 9.68. The van der Waals surface area contributed by atoms with Gasteiger partial charge in [-0.3, -0.25) is 5.32 Å². The maximum Gasteiger partial charge on any atom is 0.0578 e. The van der Waals surface area contributed by atoms with Crippen LogP contribution in [0.5, 0.6) is 0 Å². The van der Waals surface area contributed by atoms with Gasteiger partial charge in [0.05, 0.1) is 6.54 Å². The molecule has 0 spiro atoms. The molecule has 0 aliphatic rings. The lowest BCUT2D eigenvalue weighted by molar-refractivity contribution is 0.623. The molecule has 0 aromatic heterocycles. The number of nitrogens with one attached hydrogen (secondary N) is 1. The van der Waals surface area contributed by atoms with Crippen LogP contribution in [0.25, 0.3) is 0 Å². The fourth-order valence-corrected chi connectivity index (χ4v) is 1.30. The molecule has 0 radical (unpaired) electrons. The van der Waals surface area contributed by atoms with E-state index in [9.17, 15) is 0 Å². The van der Waals surface area contributed by atoms with Crippen molar-refractivity contribution < 1.29 is 0 Å². The van der Waals surface area contributed by atoms with Crippen LogP contribution in [-0.2, 0) is 0 Å². The van der Waals surface area contributed by atoms with Crippen molar-refractivity contribution in [1.29, 1.82) is 0 Å². The zero-order valence-electron chi connectivity index (χ0n) is 7.55. The number of rotatable bonds is 3. The van der Waals surface area contributed by atoms with Crippen LogP contribution in [-0.4, -0.2) is 6.54 Å². The minimum Gasteiger partial charge on any atom is -0.300 e. The highest BCUT2D eigenvalue weighted by Gasteiger charge is 2.02. The molecule has 0 aliphatic heterocycles. The molecule has 1 N–H and O–H groups in total. The SMILES string of the molecule is C#CCNC(C)c1cccc(Cl)c1. The molecule has 1 aromatic carbocycles. The van der Waals surface area contributed by atoms with Gasteiger partial charge >= 0.3 is 0 Å². The Morgan fingerprint density at radius 3 is 3.00 bits per heavy atom. The maximum atomic E-state index is 5.85. The molecule has 13 heavy (non-hydrogen) atoms. The predicted molar refractivity (Wildman–Crippen MR) is 56.7 cm³/mol. The second kappa shape index (κ2) is 4.91. The van der Waals surface area contributed by atoms with Crippen molar-refractivity contribution in [2.75, 3.05) is 6.54 Å². The number of benzene rings is 1. The fourth-order valence-electron chi connectivity index (χ4n) is 1.11. The summed E-state index contributed by atoms with van der Waals surface area (Å²) >= 11 is 5.85. The van der Waals surface area contributed by atoms with Crippen LogP contribution >= 0.6 is 11.6 Å². The van der Waals surface area contributed by atoms with Gasteiger partial charge in [0.1, 0.15) is 0 Å². The number of hydrogen-bond acceptors (Lipinski definition) is 1. The Balaban J connectivity index is 2.66. The molecule has 68 valence electrons. The molecule has 1 unspecified atom stereocenters. The average Bonchev–Trinajstić information content (AvgIpc) is 2.14. The third-order valence-electron chi connectivity index (χ3n) is 1.86. The molecular formula is C11H12ClN. The van der Waals surface area contributed by atoms with E-state index in [0.717, 1.165) is 10.6 Å². The van der Waals surface area contributed by atoms with E-state index in [-0.39, 0.29) is 6.04 Å². The highest BCUT2D eigenvalue weighted by atomic mass is 35.5. The van der Waals surface area contributed by atoms with Gasteiger partial charge in [0.25, 0.3) is 0 Å². The van der Waals surface area contributed by atoms with Gasteiger partial charge in [-0.05, 0) is 24.6 Å². The molecule has 0 aliphatic carbocycles. The molecule has 1 atom stereocenters. The van der Waals surface area contributed by atoms with Crippen LogP contribution in [0.1, 0.15) is 18.5 Å². The minimum absolute atomic E-state index is 0.245. The van der Waals surface area contributed by atoms with Gasteiger partial charge in [-0.15, -0.1) is 6.42 Å². The molecule has 0 bridgehead atoms. The van der Waals surface area contributed by atoms with Crippen molar-refractivity contribution in [3.05, 3.63) is 34.9 Å². The Labute approximate surface area is 84.1 Å². The number of terminal acetylenes is 1. The summed E-state index contributed by atoms with van der Waals surface area (Å²) < 4.78 is 0. The van der Waals surface area contributed by atoms with E-state index in [4.69, 9.17) is 18.0 Å². The molecule has 0 amide bonds. The van der Waals surface area contributed by atoms with Gasteiger partial charge in [-0.2, -0.15) is 0 Å². The van der Waals surface area contributed by atoms with Crippen LogP contribution in [0, 0.1) is 12.3 Å². The van der Waals surface area contributed by atoms with Gasteiger partial charge < -0.3 is 0 Å². The Bertz CT molecular complexity index is 314. The van der Waals surface area contributed by atoms with Gasteiger partial charge in [0.2, 0.25) is 0 Å². The maximum absolute atomic E-state index is 5.85. The van der Waals surface area contributed by atoms with Crippen molar-refractivity contribution in [1.82, 2.24) is 5.32 Å². The van der Waals surface area contributed by atoms with Crippen molar-refractivity contribution in [2.24, 2.45) is 0 Å². The molecular weight excluding hydrogens is 182 g/mol. The highest BCUT2D eigenvalue weighted by molar-refractivity contribution is 6.30. The lowest BCUT2D eigenvalue weighted by Gasteiger charge is -2.11. The van der Waals surface area contributed by atoms with E-state index < -0.39 is 0 Å². The summed E-state index contributed by atoms with van der Waals surface area (Å²) in [4.78, 5) is 0. The van der Waals surface area contributed by atoms with Gasteiger partial charge in [0.15, 0.2) is 0 Å². The molecule has 1 rings (SSSR count). The smallest absolute Gasteiger partial charge is 0.0578 e. The second-order valence-corrected chi connectivity index (χ2v) is 3.30. The number of hydrogen-bond donors (Lipinski definition) is 1. The summed E-state index contributed by atoms with van der Waals surface area (Å²) in [6.45, 7) is 2.64. The Kier molecular flexibility index (Phi) is 3.82. The van der Waals surface area contributed by atoms with Crippen LogP contribution in [0.3, 0.4) is 0 Å². The lowest BCUT2D eigenvalue weighted by atomic mass is 10.1. The molecule has 0 fully saturated rings. The number of halogens is 1. The largest absolute Gasteiger partial charge is 0.300 e. The van der Waals surface area contributed by atoms with E-state index in [2.05, 4.69) is 18.2 Å². The van der Waals surface area contributed by atoms with Gasteiger partial charge in [0, 0.05) is 11.1 Å². The third kappa shape index (κ3) is 3.10. The topological polar surface area (TPSA) is 12.0 Å². The first-order chi connectivity index (χ1) is 6.24. The summed E-state index contributed by atoms with van der Waals surface area (Å²) in [5.41, 5.74) is 1.16. The lowest BCUT2D eigenvalue weighted by Crippen LogP contribution is -2.18. The van der Waals surface area contributed by atoms with Gasteiger partial charge in [-0.25, -0.2) is 0 Å². The Morgan fingerprint density at radius 2 is 2.38 bits per heavy atom. The molecule has 1 aromatic rings. The average molecular weight is 194 g/mol. The molecule has 0 saturated heterocycles. The van der Waals surface area contributed by atoms with Crippen molar-refractivity contribution >= 4 is 11.6 Å². The van der Waals surface area contributed by atoms with E-state index in [1.165, 1.54) is 0 Å². The second-order valence-electron chi connectivity index (χ2n) is 2.86. The minimum atomic E-state index is 0.245. The highest BCUT2D eigenvalue weighted by Crippen LogP contribution is 2.16. The van der Waals surface area contributed by atoms with Crippen LogP contribution in [0.2, 0.25) is 5.02 Å². The molecule has 0 saturated carbocycles. The van der Waals surface area contributed by atoms with Gasteiger partial charge in [-0.1, -0.05) is 29.7 Å². The van der Waals surface area contributed by atoms with E-state index in [0.29, 0.717) is 6.54 Å². The fraction of sp³-hybridized carbons (Fsp3) is 0.273.